The minimum absolute atomic E-state index is 0.0195. The van der Waals surface area contributed by atoms with Crippen molar-refractivity contribution >= 4 is 77.7 Å². The molecule has 2 rings (SSSR count). The Hall–Kier alpha value is -6.42. The molecule has 1 aromatic rings. The molecule has 462 valence electrons. The van der Waals surface area contributed by atoms with Crippen LogP contribution in [0.15, 0.2) is 30.3 Å². The van der Waals surface area contributed by atoms with Crippen molar-refractivity contribution in [2.24, 2.45) is 40.7 Å². The van der Waals surface area contributed by atoms with E-state index in [0.717, 1.165) is 5.56 Å². The summed E-state index contributed by atoms with van der Waals surface area (Å²) >= 11 is 4.15. The first-order valence-corrected chi connectivity index (χ1v) is 29.0. The zero-order chi connectivity index (χ0) is 61.8. The third-order valence-corrected chi connectivity index (χ3v) is 14.1. The zero-order valence-electron chi connectivity index (χ0n) is 48.6. The van der Waals surface area contributed by atoms with Crippen LogP contribution in [0.1, 0.15) is 131 Å². The molecule has 1 aliphatic heterocycles. The molecule has 1 heterocycles. The van der Waals surface area contributed by atoms with Gasteiger partial charge in [-0.15, -0.1) is 0 Å². The van der Waals surface area contributed by atoms with E-state index in [0.29, 0.717) is 32.1 Å². The average molecular weight is 1180 g/mol. The van der Waals surface area contributed by atoms with E-state index in [9.17, 15) is 63.0 Å². The zero-order valence-corrected chi connectivity index (χ0v) is 49.5. The van der Waals surface area contributed by atoms with Gasteiger partial charge in [0.1, 0.15) is 54.4 Å². The van der Waals surface area contributed by atoms with Gasteiger partial charge in [0.2, 0.25) is 59.1 Å². The summed E-state index contributed by atoms with van der Waals surface area (Å²) in [6, 6.07) is -3.80. The topological polar surface area (TPSA) is 432 Å². The second kappa shape index (κ2) is 36.9. The van der Waals surface area contributed by atoms with Gasteiger partial charge in [-0.3, -0.25) is 47.9 Å². The number of carbonyl (C=O) groups is 11. The fourth-order valence-corrected chi connectivity index (χ4v) is 9.42. The van der Waals surface area contributed by atoms with Gasteiger partial charge in [-0.25, -0.2) is 4.79 Å². The molecule has 1 saturated heterocycles. The SMILES string of the molecule is CC(C)C[C@H](NC(=O)[C@H](CCCCN)NC(=O)[C@H](CCCCN)NC(=O)[C@@H]1CCCN1C(=O)[C@@H](NC(=O)[C@H](CC(C)C)NC(=O)[C@@H](N)Cc1ccccc1)[C@@H](C)O)C(=O)N[C@@H](CCC(N)=O)C(=O)N[C@@H](CS)C(=O)N[C@H](C(=O)O)C(C)C. The number of carboxylic acids is 1. The van der Waals surface area contributed by atoms with Crippen LogP contribution in [0.4, 0.5) is 0 Å². The number of hydrogen-bond donors (Lipinski definition) is 15. The number of benzene rings is 1. The van der Waals surface area contributed by atoms with Crippen LogP contribution in [0.25, 0.3) is 0 Å². The number of nitrogens with two attached hydrogens (primary N) is 4. The maximum absolute atomic E-state index is 14.4. The van der Waals surface area contributed by atoms with Gasteiger partial charge in [-0.1, -0.05) is 71.9 Å². The van der Waals surface area contributed by atoms with Crippen molar-refractivity contribution < 1.29 is 63.0 Å². The molecule has 18 N–H and O–H groups in total. The van der Waals surface area contributed by atoms with Gasteiger partial charge >= 0.3 is 5.97 Å². The number of carboxylic acid groups (broad SMARTS) is 1. The number of nitrogens with zero attached hydrogens (tertiary/aromatic N) is 1. The summed E-state index contributed by atoms with van der Waals surface area (Å²) in [5.74, 6) is -10.3. The fraction of sp³-hybridized carbons (Fsp3) is 0.691. The lowest BCUT2D eigenvalue weighted by molar-refractivity contribution is -0.144. The Morgan fingerprint density at radius 1 is 0.598 bits per heavy atom. The van der Waals surface area contributed by atoms with Gasteiger partial charge in [0.15, 0.2) is 0 Å². The molecule has 0 bridgehead atoms. The Labute approximate surface area is 486 Å². The number of nitrogens with one attached hydrogen (secondary N) is 8. The molecule has 0 aromatic heterocycles. The minimum atomic E-state index is -1.55. The molecule has 0 unspecified atom stereocenters. The number of amides is 10. The highest BCUT2D eigenvalue weighted by molar-refractivity contribution is 7.80. The van der Waals surface area contributed by atoms with Crippen molar-refractivity contribution in [3.05, 3.63) is 35.9 Å². The molecule has 0 radical (unpaired) electrons. The van der Waals surface area contributed by atoms with Crippen molar-refractivity contribution in [2.75, 3.05) is 25.4 Å². The van der Waals surface area contributed by atoms with Crippen LogP contribution in [0.3, 0.4) is 0 Å². The van der Waals surface area contributed by atoms with E-state index < -0.39 is 137 Å². The Morgan fingerprint density at radius 3 is 1.50 bits per heavy atom. The van der Waals surface area contributed by atoms with Gasteiger partial charge in [-0.2, -0.15) is 12.6 Å². The molecule has 0 aliphatic carbocycles. The highest BCUT2D eigenvalue weighted by atomic mass is 32.1. The smallest absolute Gasteiger partial charge is 0.326 e. The third-order valence-electron chi connectivity index (χ3n) is 13.7. The van der Waals surface area contributed by atoms with E-state index in [1.165, 1.54) is 11.8 Å². The molecule has 82 heavy (non-hydrogen) atoms. The number of likely N-dealkylation sites (tertiary alicyclic amines) is 1. The molecule has 1 fully saturated rings. The van der Waals surface area contributed by atoms with E-state index >= 15 is 0 Å². The summed E-state index contributed by atoms with van der Waals surface area (Å²) < 4.78 is 0. The number of rotatable bonds is 38. The van der Waals surface area contributed by atoms with Crippen LogP contribution in [0.5, 0.6) is 0 Å². The molecule has 26 nitrogen and oxygen atoms in total. The lowest BCUT2D eigenvalue weighted by Gasteiger charge is -2.32. The van der Waals surface area contributed by atoms with Crippen molar-refractivity contribution in [2.45, 2.75) is 198 Å². The molecule has 27 heteroatoms. The molecule has 0 saturated carbocycles. The Bertz CT molecular complexity index is 2280. The van der Waals surface area contributed by atoms with E-state index in [4.69, 9.17) is 22.9 Å². The summed E-state index contributed by atoms with van der Waals surface area (Å²) in [6.07, 6.45) is 0.417. The van der Waals surface area contributed by atoms with Gasteiger partial charge in [0.25, 0.3) is 0 Å². The van der Waals surface area contributed by atoms with Gasteiger partial charge in [0.05, 0.1) is 12.1 Å². The van der Waals surface area contributed by atoms with Crippen LogP contribution >= 0.6 is 12.6 Å². The normalized spacial score (nSPS) is 16.9. The minimum Gasteiger partial charge on any atom is -0.480 e. The summed E-state index contributed by atoms with van der Waals surface area (Å²) in [6.45, 7) is 12.2. The lowest BCUT2D eigenvalue weighted by atomic mass is 10.00. The summed E-state index contributed by atoms with van der Waals surface area (Å²) in [5, 5.41) is 41.4. The molecular weight excluding hydrogens is 1080 g/mol. The highest BCUT2D eigenvalue weighted by Gasteiger charge is 2.42. The number of thiol groups is 1. The number of aliphatic carboxylic acids is 1. The first-order valence-electron chi connectivity index (χ1n) is 28.4. The predicted octanol–water partition coefficient (Wildman–Crippen LogP) is -1.91. The first kappa shape index (κ1) is 71.7. The lowest BCUT2D eigenvalue weighted by Crippen LogP contribution is -2.61. The quantitative estimate of drug-likeness (QED) is 0.0254. The van der Waals surface area contributed by atoms with Crippen molar-refractivity contribution in [1.29, 1.82) is 0 Å². The Kier molecular flexibility index (Phi) is 32.3. The third kappa shape index (κ3) is 25.0. The number of aliphatic hydroxyl groups is 1. The molecule has 0 spiro atoms. The first-order chi connectivity index (χ1) is 38.6. The van der Waals surface area contributed by atoms with Crippen molar-refractivity contribution in [3.63, 3.8) is 0 Å². The van der Waals surface area contributed by atoms with E-state index in [2.05, 4.69) is 55.2 Å². The van der Waals surface area contributed by atoms with Gasteiger partial charge in [-0.05, 0) is 120 Å². The Balaban J connectivity index is 2.38. The fourth-order valence-electron chi connectivity index (χ4n) is 9.17. The summed E-state index contributed by atoms with van der Waals surface area (Å²) in [5.41, 5.74) is 24.0. The molecule has 10 amide bonds. The number of primary amides is 1. The van der Waals surface area contributed by atoms with Crippen molar-refractivity contribution in [1.82, 2.24) is 47.4 Å². The molecule has 11 atom stereocenters. The van der Waals surface area contributed by atoms with Crippen LogP contribution in [-0.2, 0) is 59.2 Å². The second-order valence-corrected chi connectivity index (χ2v) is 22.5. The second-order valence-electron chi connectivity index (χ2n) is 22.2. The number of unbranched alkanes of at least 4 members (excludes halogenated alkanes) is 2. The van der Waals surface area contributed by atoms with E-state index in [1.807, 2.05) is 44.2 Å². The maximum Gasteiger partial charge on any atom is 0.326 e. The van der Waals surface area contributed by atoms with Crippen LogP contribution in [0.2, 0.25) is 0 Å². The molecule has 1 aliphatic rings. The Morgan fingerprint density at radius 2 is 1.04 bits per heavy atom. The van der Waals surface area contributed by atoms with E-state index in [1.54, 1.807) is 27.7 Å². The van der Waals surface area contributed by atoms with Crippen LogP contribution < -0.4 is 65.5 Å². The van der Waals surface area contributed by atoms with Crippen molar-refractivity contribution in [3.8, 4) is 0 Å². The van der Waals surface area contributed by atoms with E-state index in [-0.39, 0.29) is 88.6 Å². The highest BCUT2D eigenvalue weighted by Crippen LogP contribution is 2.21. The van der Waals surface area contributed by atoms with Gasteiger partial charge in [0, 0.05) is 18.7 Å². The summed E-state index contributed by atoms with van der Waals surface area (Å²) in [7, 11) is 0. The number of aliphatic hydroxyl groups excluding tert-OH is 1. The van der Waals surface area contributed by atoms with Gasteiger partial charge < -0.3 is 80.6 Å². The standard InChI is InChI=1S/C55H93N13O13S/c1-30(2)26-39(50(75)61-38(21-22-43(59)70)49(74)65-41(29-82)52(77)66-44(32(5)6)55(80)81)64-48(73)36(18-11-13-23-56)60-47(72)37(19-12-14-24-57)62-53(78)42-20-15-25-68(42)54(79)45(33(7)69)67-51(76)40(27-31(3)4)63-46(71)35(58)28-34-16-9-8-10-17-34/h8-10,16-17,30-33,35-42,44-45,69,82H,11-15,18-29,56-58H2,1-7H3,(H2,59,70)(H,60,72)(H,61,75)(H,62,78)(H,63,71)(H,64,73)(H,65,74)(H,66,77)(H,67,76)(H,80,81)/t33-,35+,36+,37+,38+,39+,40+,41+,42+,44+,45+/m1/s1. The molecule has 1 aromatic carbocycles. The molecular formula is C55H93N13O13S. The van der Waals surface area contributed by atoms with Crippen LogP contribution in [-0.4, -0.2) is 172 Å². The maximum atomic E-state index is 14.4. The summed E-state index contributed by atoms with van der Waals surface area (Å²) in [4.78, 5) is 150. The number of hydrogen-bond acceptors (Lipinski definition) is 16. The predicted molar refractivity (Wildman–Crippen MR) is 309 cm³/mol. The average Bonchev–Trinajstić information content (AvgIpc) is 3.97. The monoisotopic (exact) mass is 1180 g/mol. The van der Waals surface area contributed by atoms with Crippen LogP contribution in [0, 0.1) is 17.8 Å². The largest absolute Gasteiger partial charge is 0.480 e. The number of carbonyl (C=O) groups excluding carboxylic acids is 10.